The lowest BCUT2D eigenvalue weighted by atomic mass is 10.2. The Morgan fingerprint density at radius 3 is 2.59 bits per heavy atom. The van der Waals surface area contributed by atoms with Gasteiger partial charge < -0.3 is 14.0 Å². The van der Waals surface area contributed by atoms with E-state index in [1.807, 2.05) is 42.5 Å². The zero-order valence-corrected chi connectivity index (χ0v) is 18.0. The molecule has 164 valence electrons. The van der Waals surface area contributed by atoms with E-state index >= 15 is 0 Å². The number of nitrogens with zero attached hydrogens (tertiary/aromatic N) is 4. The number of ether oxygens (including phenoxy) is 2. The van der Waals surface area contributed by atoms with Crippen molar-refractivity contribution in [1.29, 1.82) is 0 Å². The molecule has 0 N–H and O–H groups in total. The third-order valence-electron chi connectivity index (χ3n) is 5.88. The van der Waals surface area contributed by atoms with Crippen LogP contribution in [0, 0.1) is 5.92 Å². The van der Waals surface area contributed by atoms with E-state index in [2.05, 4.69) is 4.98 Å². The molecule has 0 amide bonds. The molecule has 1 aliphatic rings. The molecule has 0 atom stereocenters. The van der Waals surface area contributed by atoms with E-state index in [4.69, 9.17) is 9.47 Å². The molecule has 0 spiro atoms. The van der Waals surface area contributed by atoms with E-state index in [1.165, 1.54) is 9.13 Å². The lowest BCUT2D eigenvalue weighted by Gasteiger charge is -2.14. The van der Waals surface area contributed by atoms with Crippen LogP contribution >= 0.6 is 0 Å². The van der Waals surface area contributed by atoms with E-state index in [0.717, 1.165) is 24.2 Å². The van der Waals surface area contributed by atoms with E-state index in [0.29, 0.717) is 41.6 Å². The van der Waals surface area contributed by atoms with Crippen LogP contribution < -0.4 is 20.7 Å². The molecule has 1 saturated carbocycles. The van der Waals surface area contributed by atoms with E-state index < -0.39 is 0 Å². The number of rotatable bonds is 7. The van der Waals surface area contributed by atoms with Crippen molar-refractivity contribution in [3.63, 3.8) is 0 Å². The van der Waals surface area contributed by atoms with E-state index in [1.54, 1.807) is 31.2 Å². The molecule has 1 fully saturated rings. The number of hydrogen-bond donors (Lipinski definition) is 0. The number of benzene rings is 2. The average molecular weight is 432 g/mol. The third kappa shape index (κ3) is 3.47. The third-order valence-corrected chi connectivity index (χ3v) is 5.88. The van der Waals surface area contributed by atoms with Gasteiger partial charge in [0.2, 0.25) is 0 Å². The maximum Gasteiger partial charge on any atom is 0.337 e. The minimum Gasteiger partial charge on any atom is -0.497 e. The summed E-state index contributed by atoms with van der Waals surface area (Å²) >= 11 is 0. The summed E-state index contributed by atoms with van der Waals surface area (Å²) in [5.41, 5.74) is 1.54. The van der Waals surface area contributed by atoms with Crippen LogP contribution in [-0.2, 0) is 13.1 Å². The molecule has 0 bridgehead atoms. The summed E-state index contributed by atoms with van der Waals surface area (Å²) in [6.45, 7) is 0.812. The van der Waals surface area contributed by atoms with Gasteiger partial charge in [0.05, 0.1) is 32.8 Å². The molecule has 0 aliphatic heterocycles. The topological polar surface area (TPSA) is 80.3 Å². The Kier molecular flexibility index (Phi) is 5.05. The number of methoxy groups -OCH3 is 2. The SMILES string of the molecule is COc1cccc(-n2c(=O)n(CC3CC3)c(=O)c3c2ncn3Cc2ccccc2OC)c1. The van der Waals surface area contributed by atoms with Gasteiger partial charge in [0, 0.05) is 18.2 Å². The van der Waals surface area contributed by atoms with Crippen molar-refractivity contribution >= 4 is 11.2 Å². The maximum atomic E-state index is 13.5. The van der Waals surface area contributed by atoms with Gasteiger partial charge in [-0.1, -0.05) is 24.3 Å². The summed E-state index contributed by atoms with van der Waals surface area (Å²) in [5.74, 6) is 1.71. The predicted molar refractivity (Wildman–Crippen MR) is 121 cm³/mol. The quantitative estimate of drug-likeness (QED) is 0.449. The molecule has 0 radical (unpaired) electrons. The van der Waals surface area contributed by atoms with E-state index in [9.17, 15) is 9.59 Å². The lowest BCUT2D eigenvalue weighted by Crippen LogP contribution is -2.40. The summed E-state index contributed by atoms with van der Waals surface area (Å²) in [6.07, 6.45) is 3.67. The molecule has 4 aromatic rings. The molecule has 2 aromatic carbocycles. The molecule has 5 rings (SSSR count). The Balaban J connectivity index is 1.75. The van der Waals surface area contributed by atoms with E-state index in [-0.39, 0.29) is 11.2 Å². The van der Waals surface area contributed by atoms with Crippen molar-refractivity contribution in [2.24, 2.45) is 5.92 Å². The second-order valence-corrected chi connectivity index (χ2v) is 8.04. The fraction of sp³-hybridized carbons (Fsp3) is 0.292. The molecule has 8 heteroatoms. The molecule has 0 saturated heterocycles. The van der Waals surface area contributed by atoms with Gasteiger partial charge >= 0.3 is 5.69 Å². The van der Waals surface area contributed by atoms with Crippen molar-refractivity contribution in [1.82, 2.24) is 18.7 Å². The van der Waals surface area contributed by atoms with Crippen LogP contribution in [-0.4, -0.2) is 32.9 Å². The van der Waals surface area contributed by atoms with Crippen LogP contribution in [0.2, 0.25) is 0 Å². The molecule has 2 heterocycles. The summed E-state index contributed by atoms with van der Waals surface area (Å²) in [4.78, 5) is 31.4. The van der Waals surface area contributed by atoms with Gasteiger partial charge in [0.15, 0.2) is 11.2 Å². The molecule has 0 unspecified atom stereocenters. The van der Waals surface area contributed by atoms with Crippen molar-refractivity contribution < 1.29 is 9.47 Å². The number of aromatic nitrogens is 4. The molecule has 8 nitrogen and oxygen atoms in total. The summed E-state index contributed by atoms with van der Waals surface area (Å²) < 4.78 is 15.4. The van der Waals surface area contributed by atoms with Gasteiger partial charge in [-0.25, -0.2) is 14.3 Å². The lowest BCUT2D eigenvalue weighted by molar-refractivity contribution is 0.408. The molecular formula is C24H24N4O4. The minimum atomic E-state index is -0.384. The first kappa shape index (κ1) is 20.1. The van der Waals surface area contributed by atoms with Crippen molar-refractivity contribution in [3.05, 3.63) is 81.3 Å². The monoisotopic (exact) mass is 432 g/mol. The Hall–Kier alpha value is -3.81. The van der Waals surface area contributed by atoms with Crippen LogP contribution in [0.3, 0.4) is 0 Å². The van der Waals surface area contributed by atoms with Gasteiger partial charge in [-0.2, -0.15) is 0 Å². The highest BCUT2D eigenvalue weighted by Gasteiger charge is 2.26. The van der Waals surface area contributed by atoms with Gasteiger partial charge in [-0.15, -0.1) is 0 Å². The Bertz CT molecular complexity index is 1410. The molecule has 1 aliphatic carbocycles. The molecule has 2 aromatic heterocycles. The Morgan fingerprint density at radius 1 is 1.03 bits per heavy atom. The fourth-order valence-electron chi connectivity index (χ4n) is 4.02. The summed E-state index contributed by atoms with van der Waals surface area (Å²) in [6, 6.07) is 14.9. The number of para-hydroxylation sites is 1. The van der Waals surface area contributed by atoms with Crippen LogP contribution in [0.1, 0.15) is 18.4 Å². The second kappa shape index (κ2) is 8.03. The molecule has 32 heavy (non-hydrogen) atoms. The number of fused-ring (bicyclic) bond motifs is 1. The van der Waals surface area contributed by atoms with Crippen molar-refractivity contribution in [2.45, 2.75) is 25.9 Å². The largest absolute Gasteiger partial charge is 0.497 e. The Morgan fingerprint density at radius 2 is 1.84 bits per heavy atom. The normalized spacial score (nSPS) is 13.4. The zero-order chi connectivity index (χ0) is 22.2. The van der Waals surface area contributed by atoms with Crippen molar-refractivity contribution in [3.8, 4) is 17.2 Å². The first-order valence-corrected chi connectivity index (χ1v) is 10.6. The second-order valence-electron chi connectivity index (χ2n) is 8.04. The highest BCUT2D eigenvalue weighted by molar-refractivity contribution is 5.72. The van der Waals surface area contributed by atoms with Crippen LogP contribution in [0.4, 0.5) is 0 Å². The van der Waals surface area contributed by atoms with Crippen LogP contribution in [0.5, 0.6) is 11.5 Å². The Labute approximate surface area is 184 Å². The smallest absolute Gasteiger partial charge is 0.337 e. The average Bonchev–Trinajstić information content (AvgIpc) is 3.55. The summed E-state index contributed by atoms with van der Waals surface area (Å²) in [5, 5.41) is 0. The minimum absolute atomic E-state index is 0.316. The van der Waals surface area contributed by atoms with Gasteiger partial charge in [0.25, 0.3) is 5.56 Å². The van der Waals surface area contributed by atoms with Gasteiger partial charge in [-0.3, -0.25) is 9.36 Å². The summed E-state index contributed by atoms with van der Waals surface area (Å²) in [7, 11) is 3.20. The standard InChI is InChI=1S/C24H24N4O4/c1-31-19-8-5-7-18(12-19)28-22-21(23(29)27(24(28)30)13-16-10-11-16)26(15-25-22)14-17-6-3-4-9-20(17)32-2/h3-9,12,15-16H,10-11,13-14H2,1-2H3. The van der Waals surface area contributed by atoms with Gasteiger partial charge in [0.1, 0.15) is 11.5 Å². The fourth-order valence-corrected chi connectivity index (χ4v) is 4.02. The van der Waals surface area contributed by atoms with Crippen molar-refractivity contribution in [2.75, 3.05) is 14.2 Å². The first-order valence-electron chi connectivity index (χ1n) is 10.6. The molecular weight excluding hydrogens is 408 g/mol. The van der Waals surface area contributed by atoms with Gasteiger partial charge in [-0.05, 0) is 37.0 Å². The van der Waals surface area contributed by atoms with Crippen LogP contribution in [0.25, 0.3) is 16.9 Å². The van der Waals surface area contributed by atoms with Crippen LogP contribution in [0.15, 0.2) is 64.4 Å². The number of hydrogen-bond acceptors (Lipinski definition) is 5. The predicted octanol–water partition coefficient (Wildman–Crippen LogP) is 2.82. The highest BCUT2D eigenvalue weighted by Crippen LogP contribution is 2.30. The maximum absolute atomic E-state index is 13.5. The first-order chi connectivity index (χ1) is 15.6. The zero-order valence-electron chi connectivity index (χ0n) is 18.0. The highest BCUT2D eigenvalue weighted by atomic mass is 16.5. The number of imidazole rings is 1.